The highest BCUT2D eigenvalue weighted by Crippen LogP contribution is 2.35. The smallest absolute Gasteiger partial charge is 0.245 e. The Balaban J connectivity index is 1.57. The molecular formula is C36H39N5O6. The molecule has 0 fully saturated rings. The Morgan fingerprint density at radius 1 is 0.851 bits per heavy atom. The number of rotatable bonds is 9. The number of carbonyl (C=O) groups is 3. The van der Waals surface area contributed by atoms with Crippen LogP contribution >= 0.6 is 0 Å². The molecular weight excluding hydrogens is 598 g/mol. The number of nitrogens with two attached hydrogens (primary N) is 2. The second kappa shape index (κ2) is 15.9. The van der Waals surface area contributed by atoms with Gasteiger partial charge in [0.15, 0.2) is 0 Å². The summed E-state index contributed by atoms with van der Waals surface area (Å²) in [6.45, 7) is 0.339. The summed E-state index contributed by atoms with van der Waals surface area (Å²) in [5, 5.41) is 19.5. The first-order chi connectivity index (χ1) is 22.8. The van der Waals surface area contributed by atoms with E-state index in [9.17, 15) is 19.5 Å². The predicted molar refractivity (Wildman–Crippen MR) is 177 cm³/mol. The Morgan fingerprint density at radius 2 is 1.45 bits per heavy atom. The van der Waals surface area contributed by atoms with Gasteiger partial charge in [0.2, 0.25) is 17.7 Å². The molecule has 3 unspecified atom stereocenters. The average molecular weight is 638 g/mol. The van der Waals surface area contributed by atoms with Crippen LogP contribution in [0.3, 0.4) is 0 Å². The van der Waals surface area contributed by atoms with E-state index < -0.39 is 42.5 Å². The van der Waals surface area contributed by atoms with Gasteiger partial charge in [-0.05, 0) is 52.1 Å². The molecule has 1 aliphatic rings. The van der Waals surface area contributed by atoms with Crippen LogP contribution in [0.5, 0.6) is 11.5 Å². The number of nitrogens with one attached hydrogen (secondary N) is 3. The van der Waals surface area contributed by atoms with Crippen LogP contribution in [0.1, 0.15) is 28.4 Å². The Hall–Kier alpha value is -5.23. The van der Waals surface area contributed by atoms with Crippen LogP contribution in [0, 0.1) is 0 Å². The van der Waals surface area contributed by atoms with Gasteiger partial charge in [0.05, 0.1) is 12.6 Å². The van der Waals surface area contributed by atoms with Crippen molar-refractivity contribution in [1.82, 2.24) is 16.0 Å². The van der Waals surface area contributed by atoms with Crippen LogP contribution in [0.25, 0.3) is 11.1 Å². The summed E-state index contributed by atoms with van der Waals surface area (Å²) in [4.78, 5) is 39.2. The molecule has 3 atom stereocenters. The van der Waals surface area contributed by atoms with Crippen molar-refractivity contribution in [3.8, 4) is 22.6 Å². The van der Waals surface area contributed by atoms with Gasteiger partial charge in [-0.2, -0.15) is 0 Å². The third kappa shape index (κ3) is 8.73. The maximum Gasteiger partial charge on any atom is 0.245 e. The second-order valence-corrected chi connectivity index (χ2v) is 11.2. The lowest BCUT2D eigenvalue weighted by molar-refractivity contribution is -0.132. The van der Waals surface area contributed by atoms with Crippen molar-refractivity contribution in [3.63, 3.8) is 0 Å². The Kier molecular flexibility index (Phi) is 11.2. The molecule has 1 heterocycles. The summed E-state index contributed by atoms with van der Waals surface area (Å²) in [7, 11) is 0. The second-order valence-electron chi connectivity index (χ2n) is 11.2. The maximum absolute atomic E-state index is 13.3. The quantitative estimate of drug-likeness (QED) is 0.162. The number of carbonyl (C=O) groups excluding carboxylic acids is 3. The van der Waals surface area contributed by atoms with E-state index >= 15 is 0 Å². The normalized spacial score (nSPS) is 18.1. The zero-order valence-electron chi connectivity index (χ0n) is 25.9. The van der Waals surface area contributed by atoms with Crippen LogP contribution in [0.15, 0.2) is 97.1 Å². The van der Waals surface area contributed by atoms with Crippen LogP contribution < -0.4 is 36.9 Å². The van der Waals surface area contributed by atoms with Gasteiger partial charge in [-0.25, -0.2) is 0 Å². The number of ether oxygens (including phenoxy) is 2. The van der Waals surface area contributed by atoms with Crippen LogP contribution in [0.4, 0.5) is 0 Å². The molecule has 0 radical (unpaired) electrons. The fourth-order valence-electron chi connectivity index (χ4n) is 5.25. The highest BCUT2D eigenvalue weighted by molar-refractivity contribution is 5.91. The number of hydrogen-bond acceptors (Lipinski definition) is 8. The molecule has 0 aromatic heterocycles. The van der Waals surface area contributed by atoms with Gasteiger partial charge in [0, 0.05) is 25.1 Å². The van der Waals surface area contributed by atoms with E-state index in [0.29, 0.717) is 29.2 Å². The van der Waals surface area contributed by atoms with E-state index in [1.807, 2.05) is 84.9 Å². The first-order valence-corrected chi connectivity index (χ1v) is 15.4. The first-order valence-electron chi connectivity index (χ1n) is 15.4. The van der Waals surface area contributed by atoms with E-state index in [0.717, 1.165) is 16.7 Å². The summed E-state index contributed by atoms with van der Waals surface area (Å²) >= 11 is 0. The molecule has 4 aromatic carbocycles. The SMILES string of the molecule is NCCNC(=O)C1NC(=O)CNC(=O)C(N)Cc2cc(ccc2OCc2ccccc2)-c2ccc(OCc3ccccc3)c(c2)C1O. The van der Waals surface area contributed by atoms with E-state index in [1.54, 1.807) is 12.1 Å². The van der Waals surface area contributed by atoms with Crippen molar-refractivity contribution in [3.05, 3.63) is 119 Å². The minimum absolute atomic E-state index is 0.127. The lowest BCUT2D eigenvalue weighted by atomic mass is 9.94. The van der Waals surface area contributed by atoms with Crippen molar-refractivity contribution in [1.29, 1.82) is 0 Å². The Morgan fingerprint density at radius 3 is 2.09 bits per heavy atom. The van der Waals surface area contributed by atoms with Crippen LogP contribution in [0.2, 0.25) is 0 Å². The van der Waals surface area contributed by atoms with Gasteiger partial charge in [-0.3, -0.25) is 14.4 Å². The number of aliphatic hydroxyl groups excluding tert-OH is 1. The van der Waals surface area contributed by atoms with Crippen LogP contribution in [-0.4, -0.2) is 54.5 Å². The number of fused-ring (bicyclic) bond motifs is 5. The minimum Gasteiger partial charge on any atom is -0.489 e. The zero-order valence-corrected chi connectivity index (χ0v) is 25.9. The average Bonchev–Trinajstić information content (AvgIpc) is 3.10. The molecule has 0 saturated heterocycles. The van der Waals surface area contributed by atoms with E-state index in [-0.39, 0.29) is 31.7 Å². The van der Waals surface area contributed by atoms with Gasteiger partial charge in [-0.15, -0.1) is 0 Å². The maximum atomic E-state index is 13.3. The molecule has 1 aliphatic heterocycles. The standard InChI is InChI=1S/C36H39N5O6/c37-15-16-39-36(45)33-34(43)28-18-26(12-14-31(28)47-22-24-9-5-2-6-10-24)25-11-13-30(46-21-23-7-3-1-4-8-23)27(17-25)19-29(38)35(44)40-20-32(42)41-33/h1-14,17-18,29,33-34,43H,15-16,19-22,37-38H2,(H,39,45)(H,40,44)(H,41,42). The molecule has 4 aromatic rings. The minimum atomic E-state index is -1.53. The molecule has 11 nitrogen and oxygen atoms in total. The monoisotopic (exact) mass is 637 g/mol. The van der Waals surface area contributed by atoms with E-state index in [1.165, 1.54) is 0 Å². The fourth-order valence-corrected chi connectivity index (χ4v) is 5.25. The largest absolute Gasteiger partial charge is 0.489 e. The van der Waals surface area contributed by atoms with Crippen molar-refractivity contribution in [2.24, 2.45) is 11.5 Å². The van der Waals surface area contributed by atoms with Crippen molar-refractivity contribution in [2.45, 2.75) is 37.8 Å². The highest BCUT2D eigenvalue weighted by atomic mass is 16.5. The van der Waals surface area contributed by atoms with Gasteiger partial charge >= 0.3 is 0 Å². The number of amides is 3. The van der Waals surface area contributed by atoms with Crippen molar-refractivity contribution < 1.29 is 29.0 Å². The molecule has 11 heteroatoms. The third-order valence-corrected chi connectivity index (χ3v) is 7.75. The van der Waals surface area contributed by atoms with E-state index in [2.05, 4.69) is 16.0 Å². The molecule has 4 bridgehead atoms. The highest BCUT2D eigenvalue weighted by Gasteiger charge is 2.32. The molecule has 47 heavy (non-hydrogen) atoms. The summed E-state index contributed by atoms with van der Waals surface area (Å²) in [5.41, 5.74) is 16.2. The van der Waals surface area contributed by atoms with Crippen LogP contribution in [-0.2, 0) is 34.0 Å². The lowest BCUT2D eigenvalue weighted by Gasteiger charge is -2.26. The predicted octanol–water partition coefficient (Wildman–Crippen LogP) is 2.10. The summed E-state index contributed by atoms with van der Waals surface area (Å²) in [6, 6.07) is 27.7. The van der Waals surface area contributed by atoms with Crippen molar-refractivity contribution in [2.75, 3.05) is 19.6 Å². The molecule has 0 saturated carbocycles. The third-order valence-electron chi connectivity index (χ3n) is 7.75. The van der Waals surface area contributed by atoms with Gasteiger partial charge in [0.1, 0.15) is 36.9 Å². The van der Waals surface area contributed by atoms with E-state index in [4.69, 9.17) is 20.9 Å². The first kappa shape index (κ1) is 33.1. The summed E-state index contributed by atoms with van der Waals surface area (Å²) < 4.78 is 12.3. The molecule has 8 N–H and O–H groups in total. The molecule has 3 amide bonds. The van der Waals surface area contributed by atoms with Gasteiger partial charge in [0.25, 0.3) is 0 Å². The molecule has 244 valence electrons. The Bertz CT molecular complexity index is 1680. The topological polar surface area (TPSA) is 178 Å². The molecule has 0 spiro atoms. The zero-order chi connectivity index (χ0) is 33.2. The number of hydrogen-bond donors (Lipinski definition) is 6. The molecule has 0 aliphatic carbocycles. The Labute approximate surface area is 273 Å². The summed E-state index contributed by atoms with van der Waals surface area (Å²) in [5.74, 6) is -1.01. The fraction of sp³-hybridized carbons (Fsp3) is 0.250. The molecule has 5 rings (SSSR count). The lowest BCUT2D eigenvalue weighted by Crippen LogP contribution is -2.53. The number of aliphatic hydroxyl groups is 1. The van der Waals surface area contributed by atoms with Gasteiger partial charge in [-0.1, -0.05) is 72.8 Å². The van der Waals surface area contributed by atoms with Crippen molar-refractivity contribution >= 4 is 17.7 Å². The summed E-state index contributed by atoms with van der Waals surface area (Å²) in [6.07, 6.45) is -1.40. The number of benzene rings is 4. The van der Waals surface area contributed by atoms with Gasteiger partial charge < -0.3 is 42.0 Å².